The first-order valence-electron chi connectivity index (χ1n) is 6.83. The highest BCUT2D eigenvalue weighted by molar-refractivity contribution is 6.28. The summed E-state index contributed by atoms with van der Waals surface area (Å²) in [6, 6.07) is -0.0825. The van der Waals surface area contributed by atoms with Crippen molar-refractivity contribution in [2.45, 2.75) is 38.6 Å². The molecule has 1 unspecified atom stereocenters. The molecule has 1 amide bonds. The Hall–Kier alpha value is -1.36. The zero-order valence-corrected chi connectivity index (χ0v) is 11.7. The van der Waals surface area contributed by atoms with E-state index in [2.05, 4.69) is 14.9 Å². The lowest BCUT2D eigenvalue weighted by Gasteiger charge is -2.40. The van der Waals surface area contributed by atoms with Gasteiger partial charge in [-0.05, 0) is 31.4 Å². The Morgan fingerprint density at radius 1 is 1.42 bits per heavy atom. The highest BCUT2D eigenvalue weighted by atomic mass is 35.5. The highest BCUT2D eigenvalue weighted by Gasteiger charge is 2.39. The van der Waals surface area contributed by atoms with Crippen LogP contribution in [0.1, 0.15) is 32.6 Å². The van der Waals surface area contributed by atoms with Gasteiger partial charge in [0.2, 0.25) is 11.2 Å². The van der Waals surface area contributed by atoms with Gasteiger partial charge in [-0.1, -0.05) is 12.8 Å². The van der Waals surface area contributed by atoms with E-state index in [1.807, 2.05) is 6.92 Å². The number of hydrogen-bond acceptors (Lipinski definition) is 4. The molecule has 1 atom stereocenters. The van der Waals surface area contributed by atoms with Gasteiger partial charge in [-0.2, -0.15) is 4.98 Å². The Bertz CT molecular complexity index is 507. The van der Waals surface area contributed by atoms with Gasteiger partial charge in [-0.3, -0.25) is 4.79 Å². The summed E-state index contributed by atoms with van der Waals surface area (Å²) in [7, 11) is 0. The predicted octanol–water partition coefficient (Wildman–Crippen LogP) is 2.25. The van der Waals surface area contributed by atoms with Gasteiger partial charge in [0.1, 0.15) is 11.7 Å². The van der Waals surface area contributed by atoms with Crippen LogP contribution in [0.15, 0.2) is 6.20 Å². The average Bonchev–Trinajstić information content (AvgIpc) is 2.66. The van der Waals surface area contributed by atoms with E-state index in [4.69, 9.17) is 11.6 Å². The smallest absolute Gasteiger partial charge is 0.249 e. The van der Waals surface area contributed by atoms with Crippen LogP contribution in [-0.4, -0.2) is 35.0 Å². The molecule has 0 saturated carbocycles. The topological polar surface area (TPSA) is 49.3 Å². The zero-order valence-electron chi connectivity index (χ0n) is 11.0. The summed E-state index contributed by atoms with van der Waals surface area (Å²) in [5.41, 5.74) is 0.787. The molecule has 0 aromatic carbocycles. The summed E-state index contributed by atoms with van der Waals surface area (Å²) in [5, 5.41) is 0.243. The molecule has 3 rings (SSSR count). The Balaban J connectivity index is 2.11. The fourth-order valence-corrected chi connectivity index (χ4v) is 3.12. The van der Waals surface area contributed by atoms with Crippen LogP contribution >= 0.6 is 11.6 Å². The minimum Gasteiger partial charge on any atom is -0.343 e. The molecular weight excluding hydrogens is 264 g/mol. The molecule has 0 spiro atoms. The van der Waals surface area contributed by atoms with Crippen molar-refractivity contribution in [3.05, 3.63) is 11.5 Å². The molecule has 0 aliphatic carbocycles. The Morgan fingerprint density at radius 3 is 3.05 bits per heavy atom. The van der Waals surface area contributed by atoms with Crippen LogP contribution in [0.4, 0.5) is 11.5 Å². The average molecular weight is 281 g/mol. The molecule has 102 valence electrons. The van der Waals surface area contributed by atoms with E-state index in [1.165, 1.54) is 6.42 Å². The zero-order chi connectivity index (χ0) is 13.4. The summed E-state index contributed by atoms with van der Waals surface area (Å²) in [6.07, 6.45) is 5.92. The third-order valence-corrected chi connectivity index (χ3v) is 4.09. The van der Waals surface area contributed by atoms with Crippen LogP contribution < -0.4 is 9.80 Å². The van der Waals surface area contributed by atoms with Crippen molar-refractivity contribution in [2.24, 2.45) is 0 Å². The lowest BCUT2D eigenvalue weighted by Crippen LogP contribution is -2.53. The van der Waals surface area contributed by atoms with Crippen molar-refractivity contribution < 1.29 is 4.79 Å². The molecule has 1 aromatic heterocycles. The van der Waals surface area contributed by atoms with E-state index in [9.17, 15) is 4.79 Å². The lowest BCUT2D eigenvalue weighted by atomic mass is 10.1. The van der Waals surface area contributed by atoms with Crippen LogP contribution in [0.2, 0.25) is 5.28 Å². The molecule has 0 N–H and O–H groups in total. The number of amides is 1. The van der Waals surface area contributed by atoms with Gasteiger partial charge in [0.05, 0.1) is 6.20 Å². The molecule has 2 aliphatic heterocycles. The van der Waals surface area contributed by atoms with Gasteiger partial charge in [0.15, 0.2) is 5.82 Å². The number of carbonyl (C=O) groups is 1. The standard InChI is InChI=1S/C13H17ClN4O/c1-2-17-10-8-15-13(14)16-11(10)18-7-5-3-4-6-9(18)12(17)19/h8-9H,2-7H2,1H3. The van der Waals surface area contributed by atoms with Crippen LogP contribution in [0.25, 0.3) is 0 Å². The molecular formula is C13H17ClN4O. The quantitative estimate of drug-likeness (QED) is 0.741. The summed E-state index contributed by atoms with van der Waals surface area (Å²) in [4.78, 5) is 24.9. The molecule has 5 nitrogen and oxygen atoms in total. The Kier molecular flexibility index (Phi) is 3.31. The van der Waals surface area contributed by atoms with Crippen molar-refractivity contribution >= 4 is 29.0 Å². The molecule has 1 aromatic rings. The van der Waals surface area contributed by atoms with Crippen molar-refractivity contribution in [1.29, 1.82) is 0 Å². The van der Waals surface area contributed by atoms with Crippen molar-refractivity contribution in [3.63, 3.8) is 0 Å². The second-order valence-corrected chi connectivity index (χ2v) is 5.33. The van der Waals surface area contributed by atoms with Crippen molar-refractivity contribution in [2.75, 3.05) is 22.9 Å². The fourth-order valence-electron chi connectivity index (χ4n) is 2.99. The van der Waals surface area contributed by atoms with Gasteiger partial charge >= 0.3 is 0 Å². The number of carbonyl (C=O) groups excluding carboxylic acids is 1. The molecule has 6 heteroatoms. The first-order chi connectivity index (χ1) is 9.22. The second-order valence-electron chi connectivity index (χ2n) is 4.99. The first-order valence-corrected chi connectivity index (χ1v) is 7.20. The summed E-state index contributed by atoms with van der Waals surface area (Å²) >= 11 is 5.92. The number of anilines is 2. The van der Waals surface area contributed by atoms with Crippen molar-refractivity contribution in [3.8, 4) is 0 Å². The fraction of sp³-hybridized carbons (Fsp3) is 0.615. The van der Waals surface area contributed by atoms with Gasteiger partial charge in [-0.15, -0.1) is 0 Å². The van der Waals surface area contributed by atoms with Gasteiger partial charge in [0, 0.05) is 13.1 Å². The molecule has 1 saturated heterocycles. The number of fused-ring (bicyclic) bond motifs is 3. The molecule has 0 bridgehead atoms. The molecule has 1 fully saturated rings. The summed E-state index contributed by atoms with van der Waals surface area (Å²) in [5.74, 6) is 0.983. The van der Waals surface area contributed by atoms with Crippen molar-refractivity contribution in [1.82, 2.24) is 9.97 Å². The number of aromatic nitrogens is 2. The van der Waals surface area contributed by atoms with Crippen LogP contribution in [-0.2, 0) is 4.79 Å². The maximum atomic E-state index is 12.6. The van der Waals surface area contributed by atoms with Gasteiger partial charge < -0.3 is 9.80 Å². The Morgan fingerprint density at radius 2 is 2.26 bits per heavy atom. The van der Waals surface area contributed by atoms with Crippen LogP contribution in [0.3, 0.4) is 0 Å². The molecule has 19 heavy (non-hydrogen) atoms. The van der Waals surface area contributed by atoms with Crippen LogP contribution in [0.5, 0.6) is 0 Å². The minimum absolute atomic E-state index is 0.0825. The van der Waals surface area contributed by atoms with E-state index in [0.29, 0.717) is 6.54 Å². The SMILES string of the molecule is CCN1C(=O)C2CCCCCN2c2nc(Cl)ncc21. The predicted molar refractivity (Wildman–Crippen MR) is 74.7 cm³/mol. The second kappa shape index (κ2) is 4.96. The third kappa shape index (κ3) is 2.06. The van der Waals surface area contributed by atoms with Gasteiger partial charge in [-0.25, -0.2) is 4.98 Å². The maximum absolute atomic E-state index is 12.6. The largest absolute Gasteiger partial charge is 0.343 e. The molecule has 3 heterocycles. The van der Waals surface area contributed by atoms with E-state index in [0.717, 1.165) is 37.3 Å². The number of hydrogen-bond donors (Lipinski definition) is 0. The first kappa shape index (κ1) is 12.7. The maximum Gasteiger partial charge on any atom is 0.249 e. The van der Waals surface area contributed by atoms with Crippen LogP contribution in [0, 0.1) is 0 Å². The normalized spacial score (nSPS) is 22.8. The molecule has 2 aliphatic rings. The summed E-state index contributed by atoms with van der Waals surface area (Å²) < 4.78 is 0. The number of rotatable bonds is 1. The number of halogens is 1. The lowest BCUT2D eigenvalue weighted by molar-refractivity contribution is -0.120. The van der Waals surface area contributed by atoms with E-state index >= 15 is 0 Å². The monoisotopic (exact) mass is 280 g/mol. The third-order valence-electron chi connectivity index (χ3n) is 3.90. The highest BCUT2D eigenvalue weighted by Crippen LogP contribution is 2.37. The van der Waals surface area contributed by atoms with Gasteiger partial charge in [0.25, 0.3) is 0 Å². The van der Waals surface area contributed by atoms with E-state index in [-0.39, 0.29) is 17.2 Å². The molecule has 0 radical (unpaired) electrons. The van der Waals surface area contributed by atoms with E-state index in [1.54, 1.807) is 11.1 Å². The van der Waals surface area contributed by atoms with E-state index < -0.39 is 0 Å². The number of nitrogens with zero attached hydrogens (tertiary/aromatic N) is 4. The Labute approximate surface area is 117 Å². The summed E-state index contributed by atoms with van der Waals surface area (Å²) in [6.45, 7) is 3.48. The number of likely N-dealkylation sites (N-methyl/N-ethyl adjacent to an activating group) is 1. The minimum atomic E-state index is -0.0825.